The molecule has 2 aromatic rings. The zero-order valence-electron chi connectivity index (χ0n) is 13.2. The van der Waals surface area contributed by atoms with E-state index >= 15 is 0 Å². The van der Waals surface area contributed by atoms with Crippen molar-refractivity contribution in [3.8, 4) is 0 Å². The maximum atomic E-state index is 12.0. The molecule has 0 unspecified atom stereocenters. The van der Waals surface area contributed by atoms with Crippen molar-refractivity contribution in [2.45, 2.75) is 32.7 Å². The molecule has 0 atom stereocenters. The first-order valence-electron chi connectivity index (χ1n) is 7.55. The normalized spacial score (nSPS) is 11.0. The Labute approximate surface area is 130 Å². The average Bonchev–Trinajstić information content (AvgIpc) is 2.85. The van der Waals surface area contributed by atoms with E-state index in [2.05, 4.69) is 11.9 Å². The second-order valence-electron chi connectivity index (χ2n) is 5.15. The van der Waals surface area contributed by atoms with Gasteiger partial charge in [-0.25, -0.2) is 4.98 Å². The molecular formula is C16H23N3O3. The predicted molar refractivity (Wildman–Crippen MR) is 85.6 cm³/mol. The van der Waals surface area contributed by atoms with Crippen molar-refractivity contribution < 1.29 is 14.3 Å². The Morgan fingerprint density at radius 3 is 2.91 bits per heavy atom. The number of fused-ring (bicyclic) bond motifs is 1. The van der Waals surface area contributed by atoms with E-state index in [0.29, 0.717) is 12.3 Å². The van der Waals surface area contributed by atoms with E-state index in [9.17, 15) is 4.79 Å². The average molecular weight is 305 g/mol. The molecule has 0 saturated carbocycles. The van der Waals surface area contributed by atoms with Crippen LogP contribution in [0.4, 0.5) is 5.69 Å². The summed E-state index contributed by atoms with van der Waals surface area (Å²) in [5.41, 5.74) is 8.23. The summed E-state index contributed by atoms with van der Waals surface area (Å²) < 4.78 is 11.9. The van der Waals surface area contributed by atoms with Crippen molar-refractivity contribution >= 4 is 22.7 Å². The zero-order chi connectivity index (χ0) is 15.9. The van der Waals surface area contributed by atoms with E-state index < -0.39 is 0 Å². The molecule has 0 spiro atoms. The van der Waals surface area contributed by atoms with Crippen LogP contribution in [0.2, 0.25) is 0 Å². The summed E-state index contributed by atoms with van der Waals surface area (Å²) in [5.74, 6) is 0.579. The number of carbonyl (C=O) groups excluding carboxylic acids is 1. The van der Waals surface area contributed by atoms with Crippen LogP contribution in [0, 0.1) is 0 Å². The third-order valence-corrected chi connectivity index (χ3v) is 3.48. The SMILES string of the molecule is CCCCc1nc2c(N)cccc2n1CC(=O)OCCOC. The van der Waals surface area contributed by atoms with Crippen LogP contribution in [-0.4, -0.2) is 35.8 Å². The van der Waals surface area contributed by atoms with Crippen molar-refractivity contribution in [2.75, 3.05) is 26.1 Å². The quantitative estimate of drug-likeness (QED) is 0.459. The molecule has 2 N–H and O–H groups in total. The minimum atomic E-state index is -0.295. The number of para-hydroxylation sites is 1. The number of nitrogens with two attached hydrogens (primary N) is 1. The highest BCUT2D eigenvalue weighted by Crippen LogP contribution is 2.22. The Hall–Kier alpha value is -2.08. The van der Waals surface area contributed by atoms with E-state index in [1.165, 1.54) is 0 Å². The number of benzene rings is 1. The molecule has 0 aliphatic carbocycles. The number of hydrogen-bond acceptors (Lipinski definition) is 5. The molecule has 0 aliphatic rings. The van der Waals surface area contributed by atoms with Crippen LogP contribution in [0.3, 0.4) is 0 Å². The summed E-state index contributed by atoms with van der Waals surface area (Å²) in [6.45, 7) is 2.92. The van der Waals surface area contributed by atoms with E-state index in [1.54, 1.807) is 7.11 Å². The van der Waals surface area contributed by atoms with Crippen LogP contribution < -0.4 is 5.73 Å². The van der Waals surface area contributed by atoms with Gasteiger partial charge in [-0.05, 0) is 18.6 Å². The maximum Gasteiger partial charge on any atom is 0.326 e. The highest BCUT2D eigenvalue weighted by molar-refractivity contribution is 5.88. The van der Waals surface area contributed by atoms with Gasteiger partial charge in [-0.2, -0.15) is 0 Å². The molecule has 0 bridgehead atoms. The number of aryl methyl sites for hydroxylation is 1. The van der Waals surface area contributed by atoms with Crippen molar-refractivity contribution in [3.05, 3.63) is 24.0 Å². The molecule has 0 aliphatic heterocycles. The van der Waals surface area contributed by atoms with Gasteiger partial charge in [-0.15, -0.1) is 0 Å². The maximum absolute atomic E-state index is 12.0. The van der Waals surface area contributed by atoms with Crippen LogP contribution in [0.15, 0.2) is 18.2 Å². The standard InChI is InChI=1S/C16H23N3O3/c1-3-4-8-14-18-16-12(17)6-5-7-13(16)19(14)11-15(20)22-10-9-21-2/h5-7H,3-4,8-11,17H2,1-2H3. The van der Waals surface area contributed by atoms with Crippen LogP contribution in [0.1, 0.15) is 25.6 Å². The number of esters is 1. The molecule has 1 heterocycles. The number of rotatable bonds is 8. The van der Waals surface area contributed by atoms with Crippen molar-refractivity contribution in [1.29, 1.82) is 0 Å². The van der Waals surface area contributed by atoms with Crippen LogP contribution in [0.25, 0.3) is 11.0 Å². The number of nitrogen functional groups attached to an aromatic ring is 1. The number of carbonyl (C=O) groups is 1. The molecule has 2 rings (SSSR count). The van der Waals surface area contributed by atoms with E-state index in [0.717, 1.165) is 36.1 Å². The molecule has 6 nitrogen and oxygen atoms in total. The fourth-order valence-electron chi connectivity index (χ4n) is 2.33. The number of methoxy groups -OCH3 is 1. The molecule has 0 amide bonds. The van der Waals surface area contributed by atoms with E-state index in [-0.39, 0.29) is 19.1 Å². The van der Waals surface area contributed by atoms with Gasteiger partial charge in [0.05, 0.1) is 17.8 Å². The summed E-state index contributed by atoms with van der Waals surface area (Å²) in [4.78, 5) is 16.6. The third kappa shape index (κ3) is 3.76. The zero-order valence-corrected chi connectivity index (χ0v) is 13.2. The lowest BCUT2D eigenvalue weighted by molar-refractivity contribution is -0.145. The van der Waals surface area contributed by atoms with Crippen LogP contribution >= 0.6 is 0 Å². The Morgan fingerprint density at radius 1 is 1.36 bits per heavy atom. The minimum Gasteiger partial charge on any atom is -0.462 e. The fraction of sp³-hybridized carbons (Fsp3) is 0.500. The molecule has 1 aromatic heterocycles. The molecule has 1 aromatic carbocycles. The smallest absolute Gasteiger partial charge is 0.326 e. The summed E-state index contributed by atoms with van der Waals surface area (Å²) in [6.07, 6.45) is 2.90. The van der Waals surface area contributed by atoms with Gasteiger partial charge >= 0.3 is 5.97 Å². The highest BCUT2D eigenvalue weighted by atomic mass is 16.6. The van der Waals surface area contributed by atoms with E-state index in [4.69, 9.17) is 15.2 Å². The van der Waals surface area contributed by atoms with Gasteiger partial charge in [0, 0.05) is 13.5 Å². The molecule has 22 heavy (non-hydrogen) atoms. The summed E-state index contributed by atoms with van der Waals surface area (Å²) >= 11 is 0. The number of hydrogen-bond donors (Lipinski definition) is 1. The number of unbranched alkanes of at least 4 members (excludes halogenated alkanes) is 1. The molecule has 0 saturated heterocycles. The van der Waals surface area contributed by atoms with Crippen LogP contribution in [-0.2, 0) is 27.2 Å². The number of nitrogens with zero attached hydrogens (tertiary/aromatic N) is 2. The Kier molecular flexibility index (Phi) is 5.77. The Bertz CT molecular complexity index is 637. The highest BCUT2D eigenvalue weighted by Gasteiger charge is 2.15. The van der Waals surface area contributed by atoms with Gasteiger partial charge in [0.1, 0.15) is 24.5 Å². The molecule has 0 fully saturated rings. The second-order valence-corrected chi connectivity index (χ2v) is 5.15. The Morgan fingerprint density at radius 2 is 2.18 bits per heavy atom. The van der Waals surface area contributed by atoms with E-state index in [1.807, 2.05) is 22.8 Å². The van der Waals surface area contributed by atoms with Crippen molar-refractivity contribution in [3.63, 3.8) is 0 Å². The summed E-state index contributed by atoms with van der Waals surface area (Å²) in [5, 5.41) is 0. The molecule has 0 radical (unpaired) electrons. The lowest BCUT2D eigenvalue weighted by atomic mass is 10.2. The third-order valence-electron chi connectivity index (χ3n) is 3.48. The summed E-state index contributed by atoms with van der Waals surface area (Å²) in [7, 11) is 1.57. The number of anilines is 1. The number of ether oxygens (including phenoxy) is 2. The van der Waals surface area contributed by atoms with Gasteiger partial charge in [0.25, 0.3) is 0 Å². The van der Waals surface area contributed by atoms with Gasteiger partial charge in [0.15, 0.2) is 0 Å². The first kappa shape index (κ1) is 16.3. The van der Waals surface area contributed by atoms with Gasteiger partial charge in [-0.1, -0.05) is 19.4 Å². The largest absolute Gasteiger partial charge is 0.462 e. The summed E-state index contributed by atoms with van der Waals surface area (Å²) in [6, 6.07) is 5.62. The lowest BCUT2D eigenvalue weighted by Gasteiger charge is -2.09. The van der Waals surface area contributed by atoms with Gasteiger partial charge < -0.3 is 19.8 Å². The fourth-order valence-corrected chi connectivity index (χ4v) is 2.33. The minimum absolute atomic E-state index is 0.142. The number of imidazole rings is 1. The monoisotopic (exact) mass is 305 g/mol. The van der Waals surface area contributed by atoms with Crippen molar-refractivity contribution in [1.82, 2.24) is 9.55 Å². The molecular weight excluding hydrogens is 282 g/mol. The Balaban J connectivity index is 2.25. The first-order valence-corrected chi connectivity index (χ1v) is 7.55. The first-order chi connectivity index (χ1) is 10.7. The topological polar surface area (TPSA) is 79.4 Å². The van der Waals surface area contributed by atoms with Gasteiger partial charge in [0.2, 0.25) is 0 Å². The second kappa shape index (κ2) is 7.79. The molecule has 120 valence electrons. The molecule has 6 heteroatoms. The van der Waals surface area contributed by atoms with Crippen molar-refractivity contribution in [2.24, 2.45) is 0 Å². The predicted octanol–water partition coefficient (Wildman–Crippen LogP) is 2.15. The lowest BCUT2D eigenvalue weighted by Crippen LogP contribution is -2.17. The number of aromatic nitrogens is 2. The van der Waals surface area contributed by atoms with Gasteiger partial charge in [-0.3, -0.25) is 4.79 Å². The van der Waals surface area contributed by atoms with Crippen LogP contribution in [0.5, 0.6) is 0 Å².